The zero-order chi connectivity index (χ0) is 18.3. The Balaban J connectivity index is 1.18. The normalized spacial score (nSPS) is 22.7. The number of carbonyl (C=O) groups is 1. The Labute approximate surface area is 158 Å². The van der Waals surface area contributed by atoms with Crippen LogP contribution in [0, 0.1) is 5.92 Å². The molecule has 5 rings (SSSR count). The molecule has 2 aliphatic heterocycles. The number of pyridine rings is 1. The highest BCUT2D eigenvalue weighted by molar-refractivity contribution is 5.95. The minimum absolute atomic E-state index is 0.0408. The Kier molecular flexibility index (Phi) is 4.11. The number of hydrogen-bond acceptors (Lipinski definition) is 5. The number of nitrogens with zero attached hydrogens (tertiary/aromatic N) is 3. The zero-order valence-electron chi connectivity index (χ0n) is 15.3. The Morgan fingerprint density at radius 1 is 1.37 bits per heavy atom. The second kappa shape index (κ2) is 6.64. The molecule has 1 amide bonds. The molecule has 7 nitrogen and oxygen atoms in total. The van der Waals surface area contributed by atoms with Crippen molar-refractivity contribution in [2.45, 2.75) is 37.7 Å². The molecule has 2 aromatic heterocycles. The third-order valence-corrected chi connectivity index (χ3v) is 6.17. The lowest BCUT2D eigenvalue weighted by atomic mass is 9.79. The Hall–Kier alpha value is -2.41. The SMILES string of the molecule is O=C(c1n[nH]c2c1CCC2)N1CC2(C1)OCCC2CCOc1ccccn1. The van der Waals surface area contributed by atoms with E-state index in [-0.39, 0.29) is 11.5 Å². The van der Waals surface area contributed by atoms with Crippen molar-refractivity contribution in [3.63, 3.8) is 0 Å². The van der Waals surface area contributed by atoms with Crippen molar-refractivity contribution in [3.05, 3.63) is 41.3 Å². The van der Waals surface area contributed by atoms with Gasteiger partial charge in [0.15, 0.2) is 5.69 Å². The van der Waals surface area contributed by atoms with E-state index in [2.05, 4.69) is 15.2 Å². The first-order valence-corrected chi connectivity index (χ1v) is 9.78. The molecule has 1 N–H and O–H groups in total. The molecule has 0 aromatic carbocycles. The number of rotatable bonds is 5. The standard InChI is InChI=1S/C20H24N4O3/c25-19(18-15-4-3-5-16(15)22-23-18)24-12-20(13-24)14(8-11-27-20)7-10-26-17-6-1-2-9-21-17/h1-2,6,9,14H,3-5,7-8,10-13H2,(H,22,23). The van der Waals surface area contributed by atoms with Crippen molar-refractivity contribution < 1.29 is 14.3 Å². The number of H-pyrrole nitrogens is 1. The lowest BCUT2D eigenvalue weighted by Crippen LogP contribution is -2.66. The number of aryl methyl sites for hydroxylation is 1. The molecular formula is C20H24N4O3. The van der Waals surface area contributed by atoms with Gasteiger partial charge in [0.2, 0.25) is 5.88 Å². The number of ether oxygens (including phenoxy) is 2. The van der Waals surface area contributed by atoms with Crippen LogP contribution in [0.5, 0.6) is 5.88 Å². The summed E-state index contributed by atoms with van der Waals surface area (Å²) in [6.07, 6.45) is 6.73. The second-order valence-corrected chi connectivity index (χ2v) is 7.75. The maximum absolute atomic E-state index is 12.8. The van der Waals surface area contributed by atoms with Crippen molar-refractivity contribution in [3.8, 4) is 5.88 Å². The summed E-state index contributed by atoms with van der Waals surface area (Å²) in [5.41, 5.74) is 2.66. The molecule has 1 spiro atoms. The van der Waals surface area contributed by atoms with E-state index in [4.69, 9.17) is 9.47 Å². The molecular weight excluding hydrogens is 344 g/mol. The first kappa shape index (κ1) is 16.7. The van der Waals surface area contributed by atoms with E-state index in [0.29, 0.717) is 37.2 Å². The van der Waals surface area contributed by atoms with Gasteiger partial charge in [0.05, 0.1) is 19.7 Å². The summed E-state index contributed by atoms with van der Waals surface area (Å²) in [4.78, 5) is 18.9. The zero-order valence-corrected chi connectivity index (χ0v) is 15.3. The number of amides is 1. The third kappa shape index (κ3) is 2.90. The number of hydrogen-bond donors (Lipinski definition) is 1. The van der Waals surface area contributed by atoms with Crippen LogP contribution in [0.25, 0.3) is 0 Å². The summed E-state index contributed by atoms with van der Waals surface area (Å²) in [6.45, 7) is 2.69. The van der Waals surface area contributed by atoms with Crippen molar-refractivity contribution in [2.75, 3.05) is 26.3 Å². The topological polar surface area (TPSA) is 80.3 Å². The molecule has 27 heavy (non-hydrogen) atoms. The van der Waals surface area contributed by atoms with Crippen molar-refractivity contribution in [2.24, 2.45) is 5.92 Å². The first-order valence-electron chi connectivity index (χ1n) is 9.78. The number of fused-ring (bicyclic) bond motifs is 1. The van der Waals surface area contributed by atoms with Crippen LogP contribution in [-0.4, -0.2) is 57.9 Å². The Morgan fingerprint density at radius 3 is 3.15 bits per heavy atom. The van der Waals surface area contributed by atoms with Gasteiger partial charge in [-0.05, 0) is 44.1 Å². The fourth-order valence-electron chi connectivity index (χ4n) is 4.67. The molecule has 1 atom stereocenters. The van der Waals surface area contributed by atoms with Gasteiger partial charge in [-0.3, -0.25) is 9.89 Å². The number of likely N-dealkylation sites (tertiary alicyclic amines) is 1. The summed E-state index contributed by atoms with van der Waals surface area (Å²) in [5.74, 6) is 1.11. The quantitative estimate of drug-likeness (QED) is 0.873. The van der Waals surface area contributed by atoms with Crippen LogP contribution in [0.4, 0.5) is 0 Å². The van der Waals surface area contributed by atoms with E-state index in [0.717, 1.165) is 50.0 Å². The van der Waals surface area contributed by atoms with Gasteiger partial charge in [-0.15, -0.1) is 0 Å². The van der Waals surface area contributed by atoms with Gasteiger partial charge in [-0.1, -0.05) is 6.07 Å². The highest BCUT2D eigenvalue weighted by atomic mass is 16.5. The number of aromatic nitrogens is 3. The smallest absolute Gasteiger partial charge is 0.274 e. The highest BCUT2D eigenvalue weighted by Gasteiger charge is 2.54. The fourth-order valence-corrected chi connectivity index (χ4v) is 4.67. The van der Waals surface area contributed by atoms with Crippen LogP contribution < -0.4 is 4.74 Å². The minimum Gasteiger partial charge on any atom is -0.478 e. The summed E-state index contributed by atoms with van der Waals surface area (Å²) in [5, 5.41) is 7.31. The Bertz CT molecular complexity index is 829. The number of aromatic amines is 1. The molecule has 0 saturated carbocycles. The van der Waals surface area contributed by atoms with E-state index in [1.54, 1.807) is 6.20 Å². The van der Waals surface area contributed by atoms with Crippen LogP contribution in [0.1, 0.15) is 41.0 Å². The Morgan fingerprint density at radius 2 is 2.30 bits per heavy atom. The van der Waals surface area contributed by atoms with Crippen LogP contribution in [0.3, 0.4) is 0 Å². The van der Waals surface area contributed by atoms with E-state index in [9.17, 15) is 4.79 Å². The average Bonchev–Trinajstić information content (AvgIpc) is 3.36. The molecule has 2 saturated heterocycles. The van der Waals surface area contributed by atoms with Crippen LogP contribution in [-0.2, 0) is 17.6 Å². The van der Waals surface area contributed by atoms with Crippen LogP contribution in [0.15, 0.2) is 24.4 Å². The van der Waals surface area contributed by atoms with E-state index in [1.807, 2.05) is 23.1 Å². The molecule has 2 fully saturated rings. The summed E-state index contributed by atoms with van der Waals surface area (Å²) in [7, 11) is 0. The number of carbonyl (C=O) groups excluding carboxylic acids is 1. The van der Waals surface area contributed by atoms with Gasteiger partial charge in [0.1, 0.15) is 5.60 Å². The molecule has 0 bridgehead atoms. The average molecular weight is 368 g/mol. The lowest BCUT2D eigenvalue weighted by molar-refractivity contribution is -0.119. The van der Waals surface area contributed by atoms with Crippen LogP contribution >= 0.6 is 0 Å². The summed E-state index contributed by atoms with van der Waals surface area (Å²) < 4.78 is 11.8. The molecule has 3 aliphatic rings. The second-order valence-electron chi connectivity index (χ2n) is 7.75. The molecule has 2 aromatic rings. The van der Waals surface area contributed by atoms with Crippen LogP contribution in [0.2, 0.25) is 0 Å². The fraction of sp³-hybridized carbons (Fsp3) is 0.550. The van der Waals surface area contributed by atoms with Gasteiger partial charge < -0.3 is 14.4 Å². The summed E-state index contributed by atoms with van der Waals surface area (Å²) in [6, 6.07) is 5.66. The molecule has 4 heterocycles. The van der Waals surface area contributed by atoms with Crippen molar-refractivity contribution >= 4 is 5.91 Å². The van der Waals surface area contributed by atoms with Gasteiger partial charge >= 0.3 is 0 Å². The van der Waals surface area contributed by atoms with E-state index in [1.165, 1.54) is 0 Å². The predicted octanol–water partition coefficient (Wildman–Crippen LogP) is 1.99. The number of nitrogens with one attached hydrogen (secondary N) is 1. The molecule has 0 radical (unpaired) electrons. The van der Waals surface area contributed by atoms with Gasteiger partial charge in [0.25, 0.3) is 5.91 Å². The van der Waals surface area contributed by atoms with Gasteiger partial charge in [0, 0.05) is 30.1 Å². The first-order chi connectivity index (χ1) is 13.3. The highest BCUT2D eigenvalue weighted by Crippen LogP contribution is 2.42. The monoisotopic (exact) mass is 368 g/mol. The maximum atomic E-state index is 12.8. The van der Waals surface area contributed by atoms with Crippen molar-refractivity contribution in [1.82, 2.24) is 20.1 Å². The van der Waals surface area contributed by atoms with Gasteiger partial charge in [-0.25, -0.2) is 4.98 Å². The molecule has 142 valence electrons. The van der Waals surface area contributed by atoms with E-state index >= 15 is 0 Å². The lowest BCUT2D eigenvalue weighted by Gasteiger charge is -2.50. The third-order valence-electron chi connectivity index (χ3n) is 6.17. The summed E-state index contributed by atoms with van der Waals surface area (Å²) >= 11 is 0. The minimum atomic E-state index is -0.206. The molecule has 1 aliphatic carbocycles. The van der Waals surface area contributed by atoms with Crippen molar-refractivity contribution in [1.29, 1.82) is 0 Å². The maximum Gasteiger partial charge on any atom is 0.274 e. The van der Waals surface area contributed by atoms with Gasteiger partial charge in [-0.2, -0.15) is 5.10 Å². The van der Waals surface area contributed by atoms with E-state index < -0.39 is 0 Å². The predicted molar refractivity (Wildman–Crippen MR) is 97.7 cm³/mol. The molecule has 7 heteroatoms. The molecule has 1 unspecified atom stereocenters. The largest absolute Gasteiger partial charge is 0.478 e.